The lowest BCUT2D eigenvalue weighted by Crippen LogP contribution is -2.40. The molecule has 0 unspecified atom stereocenters. The average molecular weight is 125 g/mol. The van der Waals surface area contributed by atoms with Crippen LogP contribution in [0.15, 0.2) is 0 Å². The van der Waals surface area contributed by atoms with Crippen LogP contribution in [0.1, 0.15) is 0 Å². The summed E-state index contributed by atoms with van der Waals surface area (Å²) in [5, 5.41) is 11.1. The highest BCUT2D eigenvalue weighted by molar-refractivity contribution is 5.86. The fraction of sp³-hybridized carbons (Fsp3) is 0.500. The first-order valence-corrected chi connectivity index (χ1v) is 2.74. The summed E-state index contributed by atoms with van der Waals surface area (Å²) in [5.41, 5.74) is 0. The van der Waals surface area contributed by atoms with Gasteiger partial charge in [0.05, 0.1) is 0 Å². The number of carboxylic acids is 1. The fourth-order valence-corrected chi connectivity index (χ4v) is 0.555. The molecule has 1 rings (SSSR count). The summed E-state index contributed by atoms with van der Waals surface area (Å²) < 4.78 is 0. The van der Waals surface area contributed by atoms with Gasteiger partial charge in [-0.1, -0.05) is 5.92 Å². The van der Waals surface area contributed by atoms with Crippen molar-refractivity contribution in [3.05, 3.63) is 0 Å². The van der Waals surface area contributed by atoms with Gasteiger partial charge in [-0.25, -0.2) is 4.79 Å². The van der Waals surface area contributed by atoms with E-state index in [4.69, 9.17) is 5.11 Å². The van der Waals surface area contributed by atoms with Crippen LogP contribution in [0.5, 0.6) is 0 Å². The Morgan fingerprint density at radius 2 is 2.33 bits per heavy atom. The lowest BCUT2D eigenvalue weighted by Gasteiger charge is -2.20. The third-order valence-electron chi connectivity index (χ3n) is 1.16. The Morgan fingerprint density at radius 3 is 2.67 bits per heavy atom. The average Bonchev–Trinajstić information content (AvgIpc) is 1.60. The van der Waals surface area contributed by atoms with Gasteiger partial charge in [-0.05, 0) is 0 Å². The van der Waals surface area contributed by atoms with E-state index in [9.17, 15) is 4.79 Å². The predicted molar refractivity (Wildman–Crippen MR) is 31.8 cm³/mol. The molecule has 0 atom stereocenters. The van der Waals surface area contributed by atoms with Crippen LogP contribution in [-0.2, 0) is 4.79 Å². The molecule has 2 N–H and O–H groups in total. The van der Waals surface area contributed by atoms with E-state index in [0.29, 0.717) is 0 Å². The molecule has 0 spiro atoms. The second-order valence-electron chi connectivity index (χ2n) is 1.93. The van der Waals surface area contributed by atoms with Crippen molar-refractivity contribution in [1.29, 1.82) is 0 Å². The van der Waals surface area contributed by atoms with Gasteiger partial charge in [0.15, 0.2) is 0 Å². The Kier molecular flexibility index (Phi) is 1.71. The normalized spacial score (nSPS) is 17.3. The van der Waals surface area contributed by atoms with E-state index in [2.05, 4.69) is 17.2 Å². The Bertz CT molecular complexity index is 173. The molecule has 0 saturated carbocycles. The smallest absolute Gasteiger partial charge is 0.381 e. The Labute approximate surface area is 53.1 Å². The molecule has 0 aromatic rings. The zero-order valence-corrected chi connectivity index (χ0v) is 4.85. The molecular formula is C6H7NO2. The Morgan fingerprint density at radius 1 is 1.67 bits per heavy atom. The molecule has 3 nitrogen and oxygen atoms in total. The molecule has 0 bridgehead atoms. The van der Waals surface area contributed by atoms with Gasteiger partial charge in [0, 0.05) is 24.9 Å². The molecule has 1 saturated heterocycles. The number of carboxylic acid groups (broad SMARTS) is 1. The number of carbonyl (C=O) groups is 1. The van der Waals surface area contributed by atoms with Gasteiger partial charge >= 0.3 is 5.97 Å². The number of hydrogen-bond acceptors (Lipinski definition) is 2. The minimum absolute atomic E-state index is 0.265. The molecule has 0 aliphatic carbocycles. The molecule has 3 heteroatoms. The predicted octanol–water partition coefficient (Wildman–Crippen LogP) is -0.706. The van der Waals surface area contributed by atoms with Crippen LogP contribution in [-0.4, -0.2) is 24.2 Å². The molecule has 1 fully saturated rings. The first kappa shape index (κ1) is 6.12. The highest BCUT2D eigenvalue weighted by Gasteiger charge is 2.12. The number of aliphatic carboxylic acids is 1. The van der Waals surface area contributed by atoms with Crippen molar-refractivity contribution in [2.45, 2.75) is 0 Å². The van der Waals surface area contributed by atoms with Gasteiger partial charge < -0.3 is 10.4 Å². The van der Waals surface area contributed by atoms with Crippen LogP contribution in [0.4, 0.5) is 0 Å². The fourth-order valence-electron chi connectivity index (χ4n) is 0.555. The van der Waals surface area contributed by atoms with Crippen LogP contribution in [0.2, 0.25) is 0 Å². The third-order valence-corrected chi connectivity index (χ3v) is 1.16. The number of hydrogen-bond donors (Lipinski definition) is 2. The zero-order valence-electron chi connectivity index (χ0n) is 4.85. The molecule has 0 aromatic carbocycles. The summed E-state index contributed by atoms with van der Waals surface area (Å²) in [6.07, 6.45) is 0. The summed E-state index contributed by atoms with van der Waals surface area (Å²) >= 11 is 0. The summed E-state index contributed by atoms with van der Waals surface area (Å²) in [5.74, 6) is 3.91. The number of rotatable bonds is 0. The summed E-state index contributed by atoms with van der Waals surface area (Å²) in [7, 11) is 0. The van der Waals surface area contributed by atoms with Gasteiger partial charge in [0.1, 0.15) is 0 Å². The van der Waals surface area contributed by atoms with E-state index < -0.39 is 5.97 Å². The van der Waals surface area contributed by atoms with Crippen LogP contribution < -0.4 is 5.32 Å². The molecule has 9 heavy (non-hydrogen) atoms. The Balaban J connectivity index is 2.31. The maximum absolute atomic E-state index is 9.85. The van der Waals surface area contributed by atoms with Crippen LogP contribution >= 0.6 is 0 Å². The van der Waals surface area contributed by atoms with E-state index in [1.54, 1.807) is 0 Å². The molecule has 1 aliphatic heterocycles. The second-order valence-corrected chi connectivity index (χ2v) is 1.93. The van der Waals surface area contributed by atoms with E-state index in [1.165, 1.54) is 0 Å². The lowest BCUT2D eigenvalue weighted by molar-refractivity contribution is -0.130. The molecule has 0 aromatic heterocycles. The zero-order chi connectivity index (χ0) is 6.69. The van der Waals surface area contributed by atoms with Crippen LogP contribution in [0.3, 0.4) is 0 Å². The molecule has 1 aliphatic rings. The monoisotopic (exact) mass is 125 g/mol. The van der Waals surface area contributed by atoms with Crippen molar-refractivity contribution < 1.29 is 9.90 Å². The molecule has 0 radical (unpaired) electrons. The van der Waals surface area contributed by atoms with E-state index in [0.717, 1.165) is 13.1 Å². The van der Waals surface area contributed by atoms with Gasteiger partial charge in [-0.3, -0.25) is 0 Å². The summed E-state index contributed by atoms with van der Waals surface area (Å²) in [6.45, 7) is 1.67. The summed E-state index contributed by atoms with van der Waals surface area (Å²) in [4.78, 5) is 9.85. The third kappa shape index (κ3) is 1.74. The largest absolute Gasteiger partial charge is 0.472 e. The van der Waals surface area contributed by atoms with Crippen molar-refractivity contribution in [2.75, 3.05) is 13.1 Å². The minimum atomic E-state index is -1.04. The molecule has 48 valence electrons. The topological polar surface area (TPSA) is 49.3 Å². The van der Waals surface area contributed by atoms with Crippen LogP contribution in [0, 0.1) is 17.8 Å². The van der Waals surface area contributed by atoms with Gasteiger partial charge in [0.2, 0.25) is 0 Å². The van der Waals surface area contributed by atoms with E-state index in [-0.39, 0.29) is 5.92 Å². The summed E-state index contributed by atoms with van der Waals surface area (Å²) in [6, 6.07) is 0. The highest BCUT2D eigenvalue weighted by Crippen LogP contribution is 1.98. The SMILES string of the molecule is O=C(O)C#CC1CNC1. The van der Waals surface area contributed by atoms with Crippen molar-refractivity contribution >= 4 is 5.97 Å². The van der Waals surface area contributed by atoms with E-state index in [1.807, 2.05) is 0 Å². The first-order chi connectivity index (χ1) is 4.29. The van der Waals surface area contributed by atoms with Crippen LogP contribution in [0.25, 0.3) is 0 Å². The lowest BCUT2D eigenvalue weighted by atomic mass is 10.1. The van der Waals surface area contributed by atoms with Gasteiger partial charge in [-0.2, -0.15) is 0 Å². The highest BCUT2D eigenvalue weighted by atomic mass is 16.4. The van der Waals surface area contributed by atoms with Crippen molar-refractivity contribution in [3.63, 3.8) is 0 Å². The second kappa shape index (κ2) is 2.51. The van der Waals surface area contributed by atoms with Gasteiger partial charge in [0.25, 0.3) is 0 Å². The van der Waals surface area contributed by atoms with Crippen molar-refractivity contribution in [2.24, 2.45) is 5.92 Å². The van der Waals surface area contributed by atoms with E-state index >= 15 is 0 Å². The minimum Gasteiger partial charge on any atom is -0.472 e. The van der Waals surface area contributed by atoms with Crippen molar-refractivity contribution in [1.82, 2.24) is 5.32 Å². The quantitative estimate of drug-likeness (QED) is 0.421. The Hall–Kier alpha value is -1.01. The van der Waals surface area contributed by atoms with Crippen molar-refractivity contribution in [3.8, 4) is 11.8 Å². The maximum Gasteiger partial charge on any atom is 0.381 e. The first-order valence-electron chi connectivity index (χ1n) is 2.74. The molecule has 1 heterocycles. The number of nitrogens with one attached hydrogen (secondary N) is 1. The molecule has 0 amide bonds. The van der Waals surface area contributed by atoms with Gasteiger partial charge in [-0.15, -0.1) is 0 Å². The maximum atomic E-state index is 9.85. The standard InChI is InChI=1S/C6H7NO2/c8-6(9)2-1-5-3-7-4-5/h5,7H,3-4H2,(H,8,9). The molecular weight excluding hydrogens is 118 g/mol.